The minimum atomic E-state index is -0.195. The van der Waals surface area contributed by atoms with Gasteiger partial charge < -0.3 is 10.1 Å². The van der Waals surface area contributed by atoms with Crippen LogP contribution in [0.1, 0.15) is 12.5 Å². The van der Waals surface area contributed by atoms with Gasteiger partial charge in [0.2, 0.25) is 0 Å². The van der Waals surface area contributed by atoms with Gasteiger partial charge in [0.05, 0.1) is 10.7 Å². The van der Waals surface area contributed by atoms with Crippen LogP contribution >= 0.6 is 23.2 Å². The quantitative estimate of drug-likeness (QED) is 0.827. The Kier molecular flexibility index (Phi) is 2.76. The molecule has 80 valence electrons. The molecule has 0 aromatic heterocycles. The van der Waals surface area contributed by atoms with Crippen LogP contribution in [-0.2, 0) is 11.2 Å². The number of halogens is 2. The highest BCUT2D eigenvalue weighted by atomic mass is 35.5. The van der Waals surface area contributed by atoms with Crippen LogP contribution < -0.4 is 10.1 Å². The van der Waals surface area contributed by atoms with Gasteiger partial charge in [-0.15, -0.1) is 0 Å². The molecule has 0 atom stereocenters. The average molecular weight is 246 g/mol. The van der Waals surface area contributed by atoms with Crippen molar-refractivity contribution in [1.29, 1.82) is 0 Å². The lowest BCUT2D eigenvalue weighted by Crippen LogP contribution is -2.25. The van der Waals surface area contributed by atoms with Crippen molar-refractivity contribution in [2.75, 3.05) is 11.9 Å². The Labute approximate surface area is 97.3 Å². The van der Waals surface area contributed by atoms with E-state index in [1.54, 1.807) is 6.07 Å². The zero-order valence-electron chi connectivity index (χ0n) is 8.06. The van der Waals surface area contributed by atoms with E-state index in [9.17, 15) is 4.79 Å². The van der Waals surface area contributed by atoms with Crippen LogP contribution in [0.25, 0.3) is 0 Å². The summed E-state index contributed by atoms with van der Waals surface area (Å²) in [6.45, 7) is 1.96. The van der Waals surface area contributed by atoms with E-state index in [0.717, 1.165) is 12.0 Å². The minimum absolute atomic E-state index is 0.00247. The summed E-state index contributed by atoms with van der Waals surface area (Å²) in [5.74, 6) is 0.316. The SMILES string of the molecule is CCc1c(Cl)cc2c(c1Cl)OCC(=O)N2. The van der Waals surface area contributed by atoms with Crippen molar-refractivity contribution in [3.63, 3.8) is 0 Å². The van der Waals surface area contributed by atoms with Crippen LogP contribution in [0.3, 0.4) is 0 Å². The molecule has 1 aliphatic rings. The number of nitrogens with one attached hydrogen (secondary N) is 1. The van der Waals surface area contributed by atoms with Crippen LogP contribution in [0.4, 0.5) is 5.69 Å². The summed E-state index contributed by atoms with van der Waals surface area (Å²) in [4.78, 5) is 11.1. The summed E-state index contributed by atoms with van der Waals surface area (Å²) in [5, 5.41) is 3.69. The fourth-order valence-corrected chi connectivity index (χ4v) is 2.30. The fourth-order valence-electron chi connectivity index (χ4n) is 1.52. The molecule has 0 radical (unpaired) electrons. The average Bonchev–Trinajstić information content (AvgIpc) is 2.17. The first-order chi connectivity index (χ1) is 7.13. The topological polar surface area (TPSA) is 38.3 Å². The van der Waals surface area contributed by atoms with E-state index in [2.05, 4.69) is 5.32 Å². The first kappa shape index (κ1) is 10.6. The summed E-state index contributed by atoms with van der Waals surface area (Å²) in [6, 6.07) is 1.67. The molecule has 1 heterocycles. The number of carbonyl (C=O) groups excluding carboxylic acids is 1. The Morgan fingerprint density at radius 2 is 2.27 bits per heavy atom. The number of amides is 1. The lowest BCUT2D eigenvalue weighted by molar-refractivity contribution is -0.118. The van der Waals surface area contributed by atoms with Crippen molar-refractivity contribution in [1.82, 2.24) is 0 Å². The maximum atomic E-state index is 11.1. The molecular weight excluding hydrogens is 237 g/mol. The third kappa shape index (κ3) is 1.77. The van der Waals surface area contributed by atoms with Crippen molar-refractivity contribution in [2.24, 2.45) is 0 Å². The summed E-state index contributed by atoms with van der Waals surface area (Å²) < 4.78 is 5.26. The highest BCUT2D eigenvalue weighted by Gasteiger charge is 2.22. The molecule has 0 fully saturated rings. The molecule has 3 nitrogen and oxygen atoms in total. The Balaban J connectivity index is 2.57. The molecule has 1 aromatic rings. The van der Waals surface area contributed by atoms with E-state index >= 15 is 0 Å². The number of anilines is 1. The second kappa shape index (κ2) is 3.91. The van der Waals surface area contributed by atoms with Gasteiger partial charge in [0.1, 0.15) is 0 Å². The van der Waals surface area contributed by atoms with Crippen LogP contribution in [-0.4, -0.2) is 12.5 Å². The summed E-state index contributed by atoms with van der Waals surface area (Å²) in [5.41, 5.74) is 1.38. The zero-order chi connectivity index (χ0) is 11.0. The van der Waals surface area contributed by atoms with Gasteiger partial charge in [0.25, 0.3) is 5.91 Å². The largest absolute Gasteiger partial charge is 0.480 e. The molecule has 0 bridgehead atoms. The number of benzene rings is 1. The third-order valence-corrected chi connectivity index (χ3v) is 2.98. The summed E-state index contributed by atoms with van der Waals surface area (Å²) >= 11 is 12.1. The van der Waals surface area contributed by atoms with Crippen molar-refractivity contribution in [3.8, 4) is 5.75 Å². The van der Waals surface area contributed by atoms with E-state index in [1.807, 2.05) is 6.92 Å². The fraction of sp³-hybridized carbons (Fsp3) is 0.300. The van der Waals surface area contributed by atoms with Gasteiger partial charge in [-0.3, -0.25) is 4.79 Å². The molecule has 0 aliphatic carbocycles. The first-order valence-corrected chi connectivity index (χ1v) is 5.32. The van der Waals surface area contributed by atoms with E-state index in [1.165, 1.54) is 0 Å². The van der Waals surface area contributed by atoms with Crippen molar-refractivity contribution in [3.05, 3.63) is 21.7 Å². The number of fused-ring (bicyclic) bond motifs is 1. The lowest BCUT2D eigenvalue weighted by atomic mass is 10.1. The number of carbonyl (C=O) groups is 1. The number of hydrogen-bond acceptors (Lipinski definition) is 2. The molecule has 0 unspecified atom stereocenters. The van der Waals surface area contributed by atoms with E-state index in [4.69, 9.17) is 27.9 Å². The van der Waals surface area contributed by atoms with Gasteiger partial charge >= 0.3 is 0 Å². The third-order valence-electron chi connectivity index (χ3n) is 2.24. The normalized spacial score (nSPS) is 14.2. The smallest absolute Gasteiger partial charge is 0.262 e. The standard InChI is InChI=1S/C10H9Cl2NO2/c1-2-5-6(11)3-7-10(9(5)12)15-4-8(14)13-7/h3H,2,4H2,1H3,(H,13,14). The lowest BCUT2D eigenvalue weighted by Gasteiger charge is -2.21. The Morgan fingerprint density at radius 1 is 1.53 bits per heavy atom. The molecule has 1 amide bonds. The molecule has 1 aromatic carbocycles. The molecule has 0 saturated carbocycles. The molecule has 2 rings (SSSR count). The molecule has 0 spiro atoms. The summed E-state index contributed by atoms with van der Waals surface area (Å²) in [7, 11) is 0. The maximum Gasteiger partial charge on any atom is 0.262 e. The van der Waals surface area contributed by atoms with Crippen molar-refractivity contribution >= 4 is 34.8 Å². The highest BCUT2D eigenvalue weighted by Crippen LogP contribution is 2.41. The monoisotopic (exact) mass is 245 g/mol. The Bertz CT molecular complexity index is 432. The van der Waals surface area contributed by atoms with Crippen molar-refractivity contribution < 1.29 is 9.53 Å². The van der Waals surface area contributed by atoms with Gasteiger partial charge in [-0.1, -0.05) is 30.1 Å². The number of rotatable bonds is 1. The van der Waals surface area contributed by atoms with Crippen molar-refractivity contribution in [2.45, 2.75) is 13.3 Å². The Hall–Kier alpha value is -0.930. The van der Waals surface area contributed by atoms with Gasteiger partial charge in [-0.05, 0) is 18.1 Å². The highest BCUT2D eigenvalue weighted by molar-refractivity contribution is 6.38. The number of ether oxygens (including phenoxy) is 1. The van der Waals surface area contributed by atoms with E-state index < -0.39 is 0 Å². The Morgan fingerprint density at radius 3 is 2.93 bits per heavy atom. The first-order valence-electron chi connectivity index (χ1n) is 4.57. The summed E-state index contributed by atoms with van der Waals surface area (Å²) in [6.07, 6.45) is 0.724. The van der Waals surface area contributed by atoms with Crippen LogP contribution in [0.2, 0.25) is 10.0 Å². The van der Waals surface area contributed by atoms with E-state index in [0.29, 0.717) is 21.5 Å². The van der Waals surface area contributed by atoms with Crippen LogP contribution in [0, 0.1) is 0 Å². The molecule has 15 heavy (non-hydrogen) atoms. The molecule has 1 aliphatic heterocycles. The van der Waals surface area contributed by atoms with Gasteiger partial charge in [0.15, 0.2) is 12.4 Å². The van der Waals surface area contributed by atoms with Crippen LogP contribution in [0.15, 0.2) is 6.07 Å². The predicted octanol–water partition coefficient (Wildman–Crippen LogP) is 2.89. The molecule has 5 heteroatoms. The maximum absolute atomic E-state index is 11.1. The molecule has 0 saturated heterocycles. The van der Waals surface area contributed by atoms with Crippen LogP contribution in [0.5, 0.6) is 5.75 Å². The second-order valence-electron chi connectivity index (χ2n) is 3.22. The number of hydrogen-bond donors (Lipinski definition) is 1. The zero-order valence-corrected chi connectivity index (χ0v) is 9.58. The van der Waals surface area contributed by atoms with E-state index in [-0.39, 0.29) is 12.5 Å². The van der Waals surface area contributed by atoms with Gasteiger partial charge in [-0.2, -0.15) is 0 Å². The molecular formula is C10H9Cl2NO2. The molecule has 1 N–H and O–H groups in total. The minimum Gasteiger partial charge on any atom is -0.480 e. The van der Waals surface area contributed by atoms with Gasteiger partial charge in [-0.25, -0.2) is 0 Å². The predicted molar refractivity (Wildman–Crippen MR) is 60.0 cm³/mol. The van der Waals surface area contributed by atoms with Gasteiger partial charge in [0, 0.05) is 5.02 Å². The second-order valence-corrected chi connectivity index (χ2v) is 4.00.